The first-order chi connectivity index (χ1) is 15.8. The summed E-state index contributed by atoms with van der Waals surface area (Å²) < 4.78 is 5.36. The number of benzene rings is 2. The van der Waals surface area contributed by atoms with Crippen LogP contribution in [0.1, 0.15) is 76.2 Å². The smallest absolute Gasteiger partial charge is 0.338 e. The molecular formula is C26H28N2O5. The van der Waals surface area contributed by atoms with Gasteiger partial charge in [0, 0.05) is 6.04 Å². The van der Waals surface area contributed by atoms with Crippen LogP contribution in [0.2, 0.25) is 0 Å². The van der Waals surface area contributed by atoms with Crippen molar-refractivity contribution in [3.63, 3.8) is 0 Å². The number of carbonyl (C=O) groups is 4. The number of nitrogens with one attached hydrogen (secondary N) is 1. The van der Waals surface area contributed by atoms with Crippen LogP contribution in [-0.4, -0.2) is 40.7 Å². The second-order valence-corrected chi connectivity index (χ2v) is 8.87. The van der Waals surface area contributed by atoms with Gasteiger partial charge in [-0.05, 0) is 49.4 Å². The van der Waals surface area contributed by atoms with E-state index >= 15 is 0 Å². The summed E-state index contributed by atoms with van der Waals surface area (Å²) in [6, 6.07) is 13.6. The topological polar surface area (TPSA) is 92.8 Å². The van der Waals surface area contributed by atoms with Gasteiger partial charge in [-0.3, -0.25) is 19.3 Å². The molecule has 0 saturated heterocycles. The summed E-state index contributed by atoms with van der Waals surface area (Å²) in [5, 5.41) is 2.99. The molecule has 0 aromatic heterocycles. The van der Waals surface area contributed by atoms with Crippen molar-refractivity contribution in [2.75, 3.05) is 0 Å². The summed E-state index contributed by atoms with van der Waals surface area (Å²) in [6.07, 6.45) is 3.27. The zero-order valence-electron chi connectivity index (χ0n) is 18.9. The van der Waals surface area contributed by atoms with E-state index in [1.54, 1.807) is 0 Å². The van der Waals surface area contributed by atoms with Gasteiger partial charge in [-0.1, -0.05) is 50.1 Å². The third-order valence-corrected chi connectivity index (χ3v) is 6.48. The molecule has 1 aliphatic carbocycles. The molecule has 3 amide bonds. The van der Waals surface area contributed by atoms with Gasteiger partial charge in [0.05, 0.1) is 23.2 Å². The summed E-state index contributed by atoms with van der Waals surface area (Å²) >= 11 is 0. The Morgan fingerprint density at radius 3 is 2.45 bits per heavy atom. The van der Waals surface area contributed by atoms with Gasteiger partial charge in [0.2, 0.25) is 0 Å². The Hall–Kier alpha value is -3.48. The maximum absolute atomic E-state index is 12.9. The Labute approximate surface area is 193 Å². The summed E-state index contributed by atoms with van der Waals surface area (Å²) in [7, 11) is 0. The van der Waals surface area contributed by atoms with Crippen molar-refractivity contribution >= 4 is 23.7 Å². The fraction of sp³-hybridized carbons (Fsp3) is 0.385. The van der Waals surface area contributed by atoms with E-state index in [9.17, 15) is 19.2 Å². The maximum Gasteiger partial charge on any atom is 0.338 e. The van der Waals surface area contributed by atoms with E-state index in [0.717, 1.165) is 29.7 Å². The van der Waals surface area contributed by atoms with Crippen molar-refractivity contribution in [3.8, 4) is 0 Å². The first kappa shape index (κ1) is 22.7. The molecule has 2 aromatic rings. The molecule has 3 unspecified atom stereocenters. The van der Waals surface area contributed by atoms with Gasteiger partial charge in [0.15, 0.2) is 6.10 Å². The van der Waals surface area contributed by atoms with Crippen LogP contribution >= 0.6 is 0 Å². The first-order valence-electron chi connectivity index (χ1n) is 11.4. The van der Waals surface area contributed by atoms with Gasteiger partial charge in [-0.2, -0.15) is 0 Å². The second-order valence-electron chi connectivity index (χ2n) is 8.87. The van der Waals surface area contributed by atoms with E-state index < -0.39 is 23.9 Å². The molecule has 33 heavy (non-hydrogen) atoms. The van der Waals surface area contributed by atoms with Crippen LogP contribution in [-0.2, 0) is 16.1 Å². The van der Waals surface area contributed by atoms with Crippen LogP contribution in [0.15, 0.2) is 48.5 Å². The third kappa shape index (κ3) is 4.82. The highest BCUT2D eigenvalue weighted by molar-refractivity contribution is 6.21. The minimum atomic E-state index is -0.966. The number of hydrogen-bond donors (Lipinski definition) is 1. The lowest BCUT2D eigenvalue weighted by Crippen LogP contribution is -2.46. The molecule has 0 bridgehead atoms. The Morgan fingerprint density at radius 1 is 1.03 bits per heavy atom. The Morgan fingerprint density at radius 2 is 1.73 bits per heavy atom. The lowest BCUT2D eigenvalue weighted by molar-refractivity contribution is -0.130. The van der Waals surface area contributed by atoms with Crippen LogP contribution in [0, 0.1) is 5.92 Å². The van der Waals surface area contributed by atoms with Gasteiger partial charge in [-0.25, -0.2) is 4.79 Å². The van der Waals surface area contributed by atoms with E-state index in [1.807, 2.05) is 30.3 Å². The Bertz CT molecular complexity index is 1080. The summed E-state index contributed by atoms with van der Waals surface area (Å²) in [6.45, 7) is 3.80. The second kappa shape index (κ2) is 9.57. The van der Waals surface area contributed by atoms with Crippen molar-refractivity contribution in [2.24, 2.45) is 5.92 Å². The summed E-state index contributed by atoms with van der Waals surface area (Å²) in [5.74, 6) is -1.49. The van der Waals surface area contributed by atoms with Crippen molar-refractivity contribution < 1.29 is 23.9 Å². The minimum absolute atomic E-state index is 0.0895. The van der Waals surface area contributed by atoms with E-state index in [0.29, 0.717) is 5.92 Å². The quantitative estimate of drug-likeness (QED) is 0.537. The van der Waals surface area contributed by atoms with E-state index in [2.05, 4.69) is 12.2 Å². The van der Waals surface area contributed by atoms with Gasteiger partial charge in [0.1, 0.15) is 0 Å². The van der Waals surface area contributed by atoms with E-state index in [1.165, 1.54) is 31.5 Å². The number of hydrogen-bond acceptors (Lipinski definition) is 5. The highest BCUT2D eigenvalue weighted by Crippen LogP contribution is 2.26. The molecule has 7 heteroatoms. The molecule has 0 spiro atoms. The standard InChI is InChI=1S/C26H28N2O5/c1-16-8-6-7-11-22(16)27-23(29)17(2)33-26(32)19-12-13-20-21(14-19)25(31)28(24(20)30)15-18-9-4-3-5-10-18/h3-5,9-10,12-14,16-17,22H,6-8,11,15H2,1-2H3,(H,27,29). The lowest BCUT2D eigenvalue weighted by Gasteiger charge is -2.30. The van der Waals surface area contributed by atoms with Gasteiger partial charge >= 0.3 is 5.97 Å². The van der Waals surface area contributed by atoms with Crippen molar-refractivity contribution in [2.45, 2.75) is 58.2 Å². The average molecular weight is 449 g/mol. The van der Waals surface area contributed by atoms with Crippen LogP contribution in [0.25, 0.3) is 0 Å². The number of ether oxygens (including phenoxy) is 1. The van der Waals surface area contributed by atoms with Crippen LogP contribution in [0.5, 0.6) is 0 Å². The fourth-order valence-corrected chi connectivity index (χ4v) is 4.44. The largest absolute Gasteiger partial charge is 0.449 e. The number of amides is 3. The third-order valence-electron chi connectivity index (χ3n) is 6.48. The monoisotopic (exact) mass is 448 g/mol. The van der Waals surface area contributed by atoms with E-state index in [-0.39, 0.29) is 35.2 Å². The molecule has 4 rings (SSSR count). The van der Waals surface area contributed by atoms with Crippen molar-refractivity contribution in [3.05, 3.63) is 70.8 Å². The molecule has 1 aliphatic heterocycles. The first-order valence-corrected chi connectivity index (χ1v) is 11.4. The predicted octanol–water partition coefficient (Wildman–Crippen LogP) is 3.72. The van der Waals surface area contributed by atoms with Crippen molar-refractivity contribution in [1.29, 1.82) is 0 Å². The summed E-state index contributed by atoms with van der Waals surface area (Å²) in [4.78, 5) is 51.9. The average Bonchev–Trinajstić information content (AvgIpc) is 3.05. The van der Waals surface area contributed by atoms with Gasteiger partial charge in [0.25, 0.3) is 17.7 Å². The van der Waals surface area contributed by atoms with Gasteiger partial charge in [-0.15, -0.1) is 0 Å². The SMILES string of the molecule is CC(OC(=O)c1ccc2c(c1)C(=O)N(Cc1ccccc1)C2=O)C(=O)NC1CCCCC1C. The fourth-order valence-electron chi connectivity index (χ4n) is 4.44. The lowest BCUT2D eigenvalue weighted by atomic mass is 9.86. The minimum Gasteiger partial charge on any atom is -0.449 e. The normalized spacial score (nSPS) is 20.8. The molecule has 1 fully saturated rings. The number of esters is 1. The molecule has 0 radical (unpaired) electrons. The van der Waals surface area contributed by atoms with Gasteiger partial charge < -0.3 is 10.1 Å². The zero-order chi connectivity index (χ0) is 23.5. The van der Waals surface area contributed by atoms with Crippen molar-refractivity contribution in [1.82, 2.24) is 10.2 Å². The molecule has 2 aliphatic rings. The molecule has 7 nitrogen and oxygen atoms in total. The molecule has 2 aromatic carbocycles. The van der Waals surface area contributed by atoms with Crippen LogP contribution in [0.3, 0.4) is 0 Å². The molecule has 3 atom stereocenters. The van der Waals surface area contributed by atoms with E-state index in [4.69, 9.17) is 4.74 Å². The number of imide groups is 1. The summed E-state index contributed by atoms with van der Waals surface area (Å²) in [5.41, 5.74) is 1.38. The Kier molecular flexibility index (Phi) is 6.58. The number of nitrogens with zero attached hydrogens (tertiary/aromatic N) is 1. The Balaban J connectivity index is 1.41. The van der Waals surface area contributed by atoms with Crippen LogP contribution < -0.4 is 5.32 Å². The molecule has 1 heterocycles. The molecule has 1 saturated carbocycles. The zero-order valence-corrected chi connectivity index (χ0v) is 18.9. The predicted molar refractivity (Wildman–Crippen MR) is 122 cm³/mol. The van der Waals surface area contributed by atoms with Crippen LogP contribution in [0.4, 0.5) is 0 Å². The maximum atomic E-state index is 12.9. The molecular weight excluding hydrogens is 420 g/mol. The highest BCUT2D eigenvalue weighted by atomic mass is 16.5. The number of carbonyl (C=O) groups excluding carboxylic acids is 4. The number of fused-ring (bicyclic) bond motifs is 1. The number of rotatable bonds is 6. The molecule has 1 N–H and O–H groups in total. The molecule has 172 valence electrons. The highest BCUT2D eigenvalue weighted by Gasteiger charge is 2.36.